The van der Waals surface area contributed by atoms with Crippen LogP contribution in [-0.2, 0) is 4.79 Å². The van der Waals surface area contributed by atoms with Gasteiger partial charge in [0, 0.05) is 63.8 Å². The number of benzene rings is 1. The van der Waals surface area contributed by atoms with Gasteiger partial charge in [0.2, 0.25) is 5.91 Å². The SMILES string of the molecule is COc1ccc(C(=O)N2CCN(C(=O)N3C[C@H]4C[C@H](C3)[C@H]3CCCC(=O)N3C4)CC2)cc1F. The van der Waals surface area contributed by atoms with E-state index in [1.54, 1.807) is 11.0 Å². The molecule has 4 heterocycles. The summed E-state index contributed by atoms with van der Waals surface area (Å²) >= 11 is 0. The minimum atomic E-state index is -0.564. The zero-order valence-electron chi connectivity index (χ0n) is 19.0. The summed E-state index contributed by atoms with van der Waals surface area (Å²) in [5.41, 5.74) is 0.281. The summed E-state index contributed by atoms with van der Waals surface area (Å²) in [4.78, 5) is 45.9. The standard InChI is InChI=1S/C24H31FN4O4/c1-33-21-6-5-17(12-19(21)25)23(31)26-7-9-27(10-8-26)24(32)28-13-16-11-18(15-28)20-3-2-4-22(30)29(20)14-16/h5-6,12,16,18,20H,2-4,7-11,13-15H2,1H3/t16-,18-,20-/m1/s1. The molecule has 2 bridgehead atoms. The zero-order valence-corrected chi connectivity index (χ0v) is 19.0. The summed E-state index contributed by atoms with van der Waals surface area (Å²) in [6.07, 6.45) is 3.74. The van der Waals surface area contributed by atoms with Crippen LogP contribution >= 0.6 is 0 Å². The Morgan fingerprint density at radius 3 is 2.52 bits per heavy atom. The second-order valence-corrected chi connectivity index (χ2v) is 9.68. The zero-order chi connectivity index (χ0) is 23.1. The van der Waals surface area contributed by atoms with Gasteiger partial charge in [0.1, 0.15) is 0 Å². The molecule has 4 saturated heterocycles. The molecule has 3 atom stereocenters. The van der Waals surface area contributed by atoms with E-state index >= 15 is 0 Å². The largest absolute Gasteiger partial charge is 0.494 e. The molecule has 8 nitrogen and oxygen atoms in total. The van der Waals surface area contributed by atoms with E-state index in [2.05, 4.69) is 4.90 Å². The predicted octanol–water partition coefficient (Wildman–Crippen LogP) is 2.04. The maximum Gasteiger partial charge on any atom is 0.320 e. The van der Waals surface area contributed by atoms with Crippen LogP contribution in [0.15, 0.2) is 18.2 Å². The van der Waals surface area contributed by atoms with Crippen LogP contribution in [0.4, 0.5) is 9.18 Å². The molecule has 0 saturated carbocycles. The number of ether oxygens (including phenoxy) is 1. The molecule has 1 aromatic carbocycles. The van der Waals surface area contributed by atoms with Gasteiger partial charge in [-0.1, -0.05) is 0 Å². The van der Waals surface area contributed by atoms with Crippen molar-refractivity contribution in [2.24, 2.45) is 11.8 Å². The highest BCUT2D eigenvalue weighted by Gasteiger charge is 2.45. The Morgan fingerprint density at radius 1 is 1.03 bits per heavy atom. The molecule has 4 fully saturated rings. The normalized spacial score (nSPS) is 27.3. The van der Waals surface area contributed by atoms with Gasteiger partial charge in [-0.25, -0.2) is 9.18 Å². The first-order valence-corrected chi connectivity index (χ1v) is 11.9. The van der Waals surface area contributed by atoms with Crippen molar-refractivity contribution in [2.45, 2.75) is 31.7 Å². The molecule has 1 aromatic rings. The highest BCUT2D eigenvalue weighted by atomic mass is 19.1. The second kappa shape index (κ2) is 8.83. The summed E-state index contributed by atoms with van der Waals surface area (Å²) in [7, 11) is 1.39. The molecule has 0 spiro atoms. The van der Waals surface area contributed by atoms with Crippen molar-refractivity contribution in [3.63, 3.8) is 0 Å². The molecule has 4 aliphatic rings. The molecule has 9 heteroatoms. The molecule has 33 heavy (non-hydrogen) atoms. The van der Waals surface area contributed by atoms with Gasteiger partial charge in [-0.15, -0.1) is 0 Å². The monoisotopic (exact) mass is 458 g/mol. The number of hydrogen-bond donors (Lipinski definition) is 0. The first-order valence-electron chi connectivity index (χ1n) is 11.9. The van der Waals surface area contributed by atoms with Crippen LogP contribution in [0, 0.1) is 17.7 Å². The van der Waals surface area contributed by atoms with E-state index in [1.807, 2.05) is 9.80 Å². The van der Waals surface area contributed by atoms with Gasteiger partial charge in [-0.3, -0.25) is 9.59 Å². The molecule has 4 amide bonds. The quantitative estimate of drug-likeness (QED) is 0.680. The van der Waals surface area contributed by atoms with Crippen LogP contribution in [0.1, 0.15) is 36.0 Å². The van der Waals surface area contributed by atoms with Gasteiger partial charge in [0.25, 0.3) is 5.91 Å². The summed E-state index contributed by atoms with van der Waals surface area (Å²) in [5, 5.41) is 0. The fraction of sp³-hybridized carbons (Fsp3) is 0.625. The Kier molecular flexibility index (Phi) is 5.88. The Labute approximate surface area is 193 Å². The molecule has 0 unspecified atom stereocenters. The van der Waals surface area contributed by atoms with Crippen molar-refractivity contribution < 1.29 is 23.5 Å². The maximum absolute atomic E-state index is 14.0. The third kappa shape index (κ3) is 4.13. The maximum atomic E-state index is 14.0. The highest BCUT2D eigenvalue weighted by Crippen LogP contribution is 2.38. The third-order valence-electron chi connectivity index (χ3n) is 7.69. The summed E-state index contributed by atoms with van der Waals surface area (Å²) in [6.45, 7) is 3.93. The van der Waals surface area contributed by atoms with Crippen LogP contribution in [0.2, 0.25) is 0 Å². The number of urea groups is 1. The van der Waals surface area contributed by atoms with Crippen LogP contribution < -0.4 is 4.74 Å². The van der Waals surface area contributed by atoms with Crippen LogP contribution in [-0.4, -0.2) is 96.4 Å². The summed E-state index contributed by atoms with van der Waals surface area (Å²) in [5.74, 6) is 0.286. The lowest BCUT2D eigenvalue weighted by atomic mass is 9.76. The van der Waals surface area contributed by atoms with Crippen molar-refractivity contribution in [1.29, 1.82) is 0 Å². The number of piperazine rings is 1. The van der Waals surface area contributed by atoms with Crippen molar-refractivity contribution in [3.8, 4) is 5.75 Å². The summed E-state index contributed by atoms with van der Waals surface area (Å²) in [6, 6.07) is 4.52. The number of methoxy groups -OCH3 is 1. The number of hydrogen-bond acceptors (Lipinski definition) is 4. The van der Waals surface area contributed by atoms with Crippen molar-refractivity contribution >= 4 is 17.8 Å². The van der Waals surface area contributed by atoms with Crippen molar-refractivity contribution in [2.75, 3.05) is 52.9 Å². The Hall–Kier alpha value is -2.84. The molecule has 0 aromatic heterocycles. The molecule has 0 radical (unpaired) electrons. The van der Waals surface area contributed by atoms with Gasteiger partial charge in [-0.2, -0.15) is 0 Å². The van der Waals surface area contributed by atoms with E-state index in [4.69, 9.17) is 4.74 Å². The van der Waals surface area contributed by atoms with Crippen molar-refractivity contribution in [1.82, 2.24) is 19.6 Å². The van der Waals surface area contributed by atoms with E-state index in [0.29, 0.717) is 57.5 Å². The Morgan fingerprint density at radius 2 is 1.79 bits per heavy atom. The Bertz CT molecular complexity index is 948. The number of likely N-dealkylation sites (tertiary alicyclic amines) is 1. The topological polar surface area (TPSA) is 73.4 Å². The van der Waals surface area contributed by atoms with Gasteiger partial charge in [0.15, 0.2) is 11.6 Å². The van der Waals surface area contributed by atoms with E-state index in [9.17, 15) is 18.8 Å². The number of halogens is 1. The lowest BCUT2D eigenvalue weighted by Crippen LogP contribution is -2.63. The summed E-state index contributed by atoms with van der Waals surface area (Å²) < 4.78 is 18.9. The molecular formula is C24H31FN4O4. The number of carbonyl (C=O) groups is 3. The Balaban J connectivity index is 1.18. The number of nitrogens with zero attached hydrogens (tertiary/aromatic N) is 4. The first kappa shape index (κ1) is 22.0. The minimum absolute atomic E-state index is 0.0304. The lowest BCUT2D eigenvalue weighted by Gasteiger charge is -2.53. The predicted molar refractivity (Wildman–Crippen MR) is 118 cm³/mol. The molecule has 0 N–H and O–H groups in total. The van der Waals surface area contributed by atoms with Crippen LogP contribution in [0.25, 0.3) is 0 Å². The number of piperidine rings is 3. The van der Waals surface area contributed by atoms with Crippen LogP contribution in [0.5, 0.6) is 5.75 Å². The van der Waals surface area contributed by atoms with Gasteiger partial charge >= 0.3 is 6.03 Å². The van der Waals surface area contributed by atoms with Crippen molar-refractivity contribution in [3.05, 3.63) is 29.6 Å². The average molecular weight is 459 g/mol. The van der Waals surface area contributed by atoms with Gasteiger partial charge in [0.05, 0.1) is 7.11 Å². The van der Waals surface area contributed by atoms with Crippen LogP contribution in [0.3, 0.4) is 0 Å². The molecule has 4 aliphatic heterocycles. The van der Waals surface area contributed by atoms with E-state index in [1.165, 1.54) is 19.2 Å². The molecule has 0 aliphatic carbocycles. The van der Waals surface area contributed by atoms with E-state index < -0.39 is 5.82 Å². The molecule has 5 rings (SSSR count). The smallest absolute Gasteiger partial charge is 0.320 e. The minimum Gasteiger partial charge on any atom is -0.494 e. The average Bonchev–Trinajstić information content (AvgIpc) is 2.84. The van der Waals surface area contributed by atoms with Gasteiger partial charge < -0.3 is 24.3 Å². The van der Waals surface area contributed by atoms with Gasteiger partial charge in [-0.05, 0) is 49.3 Å². The fourth-order valence-electron chi connectivity index (χ4n) is 6.05. The highest BCUT2D eigenvalue weighted by molar-refractivity contribution is 5.94. The number of rotatable bonds is 2. The number of carbonyl (C=O) groups excluding carboxylic acids is 3. The molecular weight excluding hydrogens is 427 g/mol. The second-order valence-electron chi connectivity index (χ2n) is 9.68. The number of amides is 4. The lowest BCUT2D eigenvalue weighted by molar-refractivity contribution is -0.144. The van der Waals surface area contributed by atoms with E-state index in [-0.39, 0.29) is 35.2 Å². The first-order chi connectivity index (χ1) is 15.9. The fourth-order valence-corrected chi connectivity index (χ4v) is 6.05. The van der Waals surface area contributed by atoms with E-state index in [0.717, 1.165) is 25.8 Å². The third-order valence-corrected chi connectivity index (χ3v) is 7.69. The molecule has 178 valence electrons. The number of fused-ring (bicyclic) bond motifs is 4.